The fourth-order valence-corrected chi connectivity index (χ4v) is 2.95. The highest BCUT2D eigenvalue weighted by atomic mass is 32.1. The van der Waals surface area contributed by atoms with E-state index < -0.39 is 5.91 Å². The Morgan fingerprint density at radius 3 is 2.61 bits per heavy atom. The summed E-state index contributed by atoms with van der Waals surface area (Å²) in [5.74, 6) is 0.581. The number of anilines is 1. The number of hydrogen-bond donors (Lipinski definition) is 3. The van der Waals surface area contributed by atoms with E-state index in [1.165, 1.54) is 6.08 Å². The molecule has 1 heterocycles. The van der Waals surface area contributed by atoms with Crippen LogP contribution in [-0.4, -0.2) is 24.0 Å². The van der Waals surface area contributed by atoms with E-state index >= 15 is 0 Å². The molecule has 0 spiro atoms. The van der Waals surface area contributed by atoms with Gasteiger partial charge in [-0.15, -0.1) is 0 Å². The van der Waals surface area contributed by atoms with Crippen molar-refractivity contribution in [1.82, 2.24) is 10.6 Å². The smallest absolute Gasteiger partial charge is 0.253 e. The molecule has 0 aliphatic heterocycles. The van der Waals surface area contributed by atoms with Gasteiger partial charge in [0, 0.05) is 11.6 Å². The molecule has 2 aromatic carbocycles. The second kappa shape index (κ2) is 10.7. The molecule has 0 saturated carbocycles. The summed E-state index contributed by atoms with van der Waals surface area (Å²) in [4.78, 5) is 24.8. The molecule has 0 atom stereocenters. The maximum Gasteiger partial charge on any atom is 0.253 e. The summed E-state index contributed by atoms with van der Waals surface area (Å²) in [5, 5.41) is 8.31. The number of para-hydroxylation sites is 2. The van der Waals surface area contributed by atoms with Crippen LogP contribution in [0.1, 0.15) is 21.7 Å². The van der Waals surface area contributed by atoms with Crippen molar-refractivity contribution in [2.24, 2.45) is 0 Å². The number of ether oxygens (including phenoxy) is 1. The molecule has 0 radical (unpaired) electrons. The second-order valence-corrected chi connectivity index (χ2v) is 6.73. The molecule has 0 fully saturated rings. The standard InChI is InChI=1S/C23H21N3O4S/c1-29-20-11-5-2-7-16(20)12-13-21(27)26-23(31)25-19-10-4-3-9-18(19)22(28)24-15-17-8-6-14-30-17/h2-14H,15H2,1H3,(H,24,28)(H2,25,26,27,31)/b13-12+. The summed E-state index contributed by atoms with van der Waals surface area (Å²) in [6.07, 6.45) is 4.53. The monoisotopic (exact) mass is 435 g/mol. The molecule has 1 aromatic heterocycles. The molecule has 0 saturated heterocycles. The minimum Gasteiger partial charge on any atom is -0.496 e. The topological polar surface area (TPSA) is 92.6 Å². The predicted octanol–water partition coefficient (Wildman–Crippen LogP) is 3.74. The highest BCUT2D eigenvalue weighted by molar-refractivity contribution is 7.80. The van der Waals surface area contributed by atoms with E-state index in [1.54, 1.807) is 61.9 Å². The zero-order valence-electron chi connectivity index (χ0n) is 16.8. The number of hydrogen-bond acceptors (Lipinski definition) is 5. The van der Waals surface area contributed by atoms with Crippen LogP contribution in [0.3, 0.4) is 0 Å². The van der Waals surface area contributed by atoms with Crippen molar-refractivity contribution in [3.8, 4) is 5.75 Å². The van der Waals surface area contributed by atoms with Gasteiger partial charge >= 0.3 is 0 Å². The zero-order valence-corrected chi connectivity index (χ0v) is 17.6. The van der Waals surface area contributed by atoms with Gasteiger partial charge in [0.25, 0.3) is 5.91 Å². The maximum atomic E-state index is 12.5. The number of nitrogens with one attached hydrogen (secondary N) is 3. The Morgan fingerprint density at radius 2 is 1.84 bits per heavy atom. The Morgan fingerprint density at radius 1 is 1.06 bits per heavy atom. The average molecular weight is 436 g/mol. The second-order valence-electron chi connectivity index (χ2n) is 6.33. The Labute approximate surface area is 185 Å². The van der Waals surface area contributed by atoms with Crippen LogP contribution >= 0.6 is 12.2 Å². The van der Waals surface area contributed by atoms with Crippen LogP contribution in [0.25, 0.3) is 6.08 Å². The zero-order chi connectivity index (χ0) is 22.1. The van der Waals surface area contributed by atoms with Crippen LogP contribution in [0, 0.1) is 0 Å². The molecule has 8 heteroatoms. The summed E-state index contributed by atoms with van der Waals surface area (Å²) >= 11 is 5.22. The Bertz CT molecular complexity index is 1090. The fraction of sp³-hybridized carbons (Fsp3) is 0.0870. The van der Waals surface area contributed by atoms with Crippen LogP contribution in [0.15, 0.2) is 77.4 Å². The van der Waals surface area contributed by atoms with Gasteiger partial charge in [-0.25, -0.2) is 0 Å². The van der Waals surface area contributed by atoms with E-state index in [1.807, 2.05) is 18.2 Å². The molecular weight excluding hydrogens is 414 g/mol. The van der Waals surface area contributed by atoms with Gasteiger partial charge in [-0.05, 0) is 48.6 Å². The molecule has 0 aliphatic rings. The third-order valence-corrected chi connectivity index (χ3v) is 4.42. The molecule has 0 aliphatic carbocycles. The summed E-state index contributed by atoms with van der Waals surface area (Å²) in [5.41, 5.74) is 1.62. The average Bonchev–Trinajstić information content (AvgIpc) is 3.30. The summed E-state index contributed by atoms with van der Waals surface area (Å²) in [7, 11) is 1.56. The highest BCUT2D eigenvalue weighted by Crippen LogP contribution is 2.18. The van der Waals surface area contributed by atoms with Gasteiger partial charge in [0.1, 0.15) is 11.5 Å². The number of carbonyl (C=O) groups is 2. The number of thiocarbonyl (C=S) groups is 1. The normalized spacial score (nSPS) is 10.5. The van der Waals surface area contributed by atoms with E-state index in [2.05, 4.69) is 16.0 Å². The van der Waals surface area contributed by atoms with Crippen LogP contribution in [0.2, 0.25) is 0 Å². The number of methoxy groups -OCH3 is 1. The quantitative estimate of drug-likeness (QED) is 0.387. The van der Waals surface area contributed by atoms with Crippen molar-refractivity contribution in [1.29, 1.82) is 0 Å². The number of furan rings is 1. The van der Waals surface area contributed by atoms with Gasteiger partial charge in [-0.1, -0.05) is 30.3 Å². The Hall–Kier alpha value is -3.91. The van der Waals surface area contributed by atoms with Crippen molar-refractivity contribution in [2.75, 3.05) is 12.4 Å². The first-order chi connectivity index (χ1) is 15.1. The lowest BCUT2D eigenvalue weighted by Crippen LogP contribution is -2.33. The molecule has 2 amide bonds. The van der Waals surface area contributed by atoms with E-state index in [0.29, 0.717) is 22.8 Å². The largest absolute Gasteiger partial charge is 0.496 e. The Balaban J connectivity index is 1.59. The maximum absolute atomic E-state index is 12.5. The van der Waals surface area contributed by atoms with E-state index in [-0.39, 0.29) is 17.6 Å². The van der Waals surface area contributed by atoms with Crippen LogP contribution in [0.4, 0.5) is 5.69 Å². The van der Waals surface area contributed by atoms with Crippen LogP contribution < -0.4 is 20.7 Å². The van der Waals surface area contributed by atoms with Gasteiger partial charge in [0.2, 0.25) is 5.91 Å². The van der Waals surface area contributed by atoms with Crippen molar-refractivity contribution >= 4 is 40.9 Å². The third kappa shape index (κ3) is 6.28. The third-order valence-electron chi connectivity index (χ3n) is 4.21. The predicted molar refractivity (Wildman–Crippen MR) is 123 cm³/mol. The van der Waals surface area contributed by atoms with Crippen molar-refractivity contribution in [3.63, 3.8) is 0 Å². The fourth-order valence-electron chi connectivity index (χ4n) is 2.74. The van der Waals surface area contributed by atoms with Crippen LogP contribution in [0.5, 0.6) is 5.75 Å². The van der Waals surface area contributed by atoms with Gasteiger partial charge < -0.3 is 19.8 Å². The molecule has 158 valence electrons. The van der Waals surface area contributed by atoms with Crippen molar-refractivity contribution < 1.29 is 18.7 Å². The molecule has 3 rings (SSSR count). The molecule has 0 unspecified atom stereocenters. The number of carbonyl (C=O) groups excluding carboxylic acids is 2. The molecule has 31 heavy (non-hydrogen) atoms. The first kappa shape index (κ1) is 21.8. The highest BCUT2D eigenvalue weighted by Gasteiger charge is 2.13. The summed E-state index contributed by atoms with van der Waals surface area (Å²) in [6.45, 7) is 0.259. The van der Waals surface area contributed by atoms with Gasteiger partial charge in [0.15, 0.2) is 5.11 Å². The molecule has 3 N–H and O–H groups in total. The van der Waals surface area contributed by atoms with Gasteiger partial charge in [-0.3, -0.25) is 14.9 Å². The van der Waals surface area contributed by atoms with E-state index in [0.717, 1.165) is 5.56 Å². The molecule has 0 bridgehead atoms. The van der Waals surface area contributed by atoms with E-state index in [4.69, 9.17) is 21.4 Å². The van der Waals surface area contributed by atoms with Crippen LogP contribution in [-0.2, 0) is 11.3 Å². The summed E-state index contributed by atoms with van der Waals surface area (Å²) in [6, 6.07) is 17.7. The van der Waals surface area contributed by atoms with Gasteiger partial charge in [0.05, 0.1) is 31.2 Å². The lowest BCUT2D eigenvalue weighted by Gasteiger charge is -2.12. The Kier molecular flexibility index (Phi) is 7.56. The minimum absolute atomic E-state index is 0.0703. The molecule has 3 aromatic rings. The number of amides is 2. The lowest BCUT2D eigenvalue weighted by atomic mass is 10.1. The summed E-state index contributed by atoms with van der Waals surface area (Å²) < 4.78 is 10.5. The number of rotatable bonds is 7. The SMILES string of the molecule is COc1ccccc1/C=C/C(=O)NC(=S)Nc1ccccc1C(=O)NCc1ccco1. The van der Waals surface area contributed by atoms with E-state index in [9.17, 15) is 9.59 Å². The first-order valence-corrected chi connectivity index (χ1v) is 9.80. The minimum atomic E-state index is -0.414. The molecular formula is C23H21N3O4S. The van der Waals surface area contributed by atoms with Gasteiger partial charge in [-0.2, -0.15) is 0 Å². The molecule has 7 nitrogen and oxygen atoms in total. The van der Waals surface area contributed by atoms with Crippen molar-refractivity contribution in [2.45, 2.75) is 6.54 Å². The first-order valence-electron chi connectivity index (χ1n) is 9.39. The lowest BCUT2D eigenvalue weighted by molar-refractivity contribution is -0.115. The van der Waals surface area contributed by atoms with Crippen molar-refractivity contribution in [3.05, 3.63) is 89.9 Å². The number of benzene rings is 2.